The van der Waals surface area contributed by atoms with Crippen molar-refractivity contribution in [2.24, 2.45) is 5.73 Å². The van der Waals surface area contributed by atoms with E-state index in [9.17, 15) is 8.42 Å². The van der Waals surface area contributed by atoms with Gasteiger partial charge in [0.1, 0.15) is 0 Å². The summed E-state index contributed by atoms with van der Waals surface area (Å²) in [5, 5.41) is -0.211. The van der Waals surface area contributed by atoms with Crippen LogP contribution in [0.15, 0.2) is 24.3 Å². The highest BCUT2D eigenvalue weighted by molar-refractivity contribution is 7.93. The van der Waals surface area contributed by atoms with Gasteiger partial charge in [0, 0.05) is 13.6 Å². The summed E-state index contributed by atoms with van der Waals surface area (Å²) in [4.78, 5) is 0. The first-order chi connectivity index (χ1) is 8.55. The molecular formula is C13H20N2O2S. The van der Waals surface area contributed by atoms with Gasteiger partial charge in [-0.3, -0.25) is 4.31 Å². The van der Waals surface area contributed by atoms with Gasteiger partial charge in [-0.05, 0) is 30.5 Å². The largest absolute Gasteiger partial charge is 0.326 e. The van der Waals surface area contributed by atoms with Crippen molar-refractivity contribution in [3.63, 3.8) is 0 Å². The smallest absolute Gasteiger partial charge is 0.237 e. The summed E-state index contributed by atoms with van der Waals surface area (Å²) in [7, 11) is -1.58. The summed E-state index contributed by atoms with van der Waals surface area (Å²) >= 11 is 0. The van der Waals surface area contributed by atoms with E-state index < -0.39 is 10.0 Å². The Morgan fingerprint density at radius 3 is 2.28 bits per heavy atom. The molecule has 0 aromatic heterocycles. The molecule has 0 spiro atoms. The molecule has 1 aromatic rings. The molecule has 0 radical (unpaired) electrons. The average Bonchev–Trinajstić information content (AvgIpc) is 2.92. The molecule has 0 heterocycles. The number of rotatable bonds is 4. The predicted molar refractivity (Wildman–Crippen MR) is 73.9 cm³/mol. The molecule has 1 aliphatic carbocycles. The topological polar surface area (TPSA) is 63.4 Å². The normalized spacial score (nSPS) is 17.0. The summed E-state index contributed by atoms with van der Waals surface area (Å²) < 4.78 is 26.2. The van der Waals surface area contributed by atoms with E-state index >= 15 is 0 Å². The number of nitrogens with zero attached hydrogens (tertiary/aromatic N) is 1. The molecule has 0 unspecified atom stereocenters. The van der Waals surface area contributed by atoms with Crippen LogP contribution in [0.3, 0.4) is 0 Å². The first-order valence-electron chi connectivity index (χ1n) is 6.32. The van der Waals surface area contributed by atoms with E-state index in [-0.39, 0.29) is 5.25 Å². The van der Waals surface area contributed by atoms with Gasteiger partial charge in [0.15, 0.2) is 0 Å². The van der Waals surface area contributed by atoms with Gasteiger partial charge in [0.05, 0.1) is 10.9 Å². The molecule has 18 heavy (non-hydrogen) atoms. The monoisotopic (exact) mass is 268 g/mol. The van der Waals surface area contributed by atoms with Crippen LogP contribution in [0.25, 0.3) is 0 Å². The second kappa shape index (κ2) is 5.28. The van der Waals surface area contributed by atoms with Gasteiger partial charge in [-0.15, -0.1) is 0 Å². The fourth-order valence-corrected chi connectivity index (χ4v) is 4.19. The SMILES string of the molecule is CN(c1ccc(CN)cc1)S(=O)(=O)C1CCCC1. The zero-order chi connectivity index (χ0) is 13.2. The minimum Gasteiger partial charge on any atom is -0.326 e. The van der Waals surface area contributed by atoms with E-state index in [0.717, 1.165) is 31.2 Å². The van der Waals surface area contributed by atoms with Gasteiger partial charge in [-0.2, -0.15) is 0 Å². The molecule has 0 bridgehead atoms. The third kappa shape index (κ3) is 2.52. The molecule has 0 amide bonds. The van der Waals surface area contributed by atoms with Crippen molar-refractivity contribution in [3.05, 3.63) is 29.8 Å². The maximum Gasteiger partial charge on any atom is 0.237 e. The Balaban J connectivity index is 2.21. The minimum atomic E-state index is -3.21. The Labute approximate surface area is 109 Å². The zero-order valence-corrected chi connectivity index (χ0v) is 11.5. The maximum absolute atomic E-state index is 12.4. The van der Waals surface area contributed by atoms with Crippen molar-refractivity contribution in [1.29, 1.82) is 0 Å². The first kappa shape index (κ1) is 13.4. The molecule has 0 atom stereocenters. The van der Waals surface area contributed by atoms with Crippen LogP contribution < -0.4 is 10.0 Å². The molecule has 0 aliphatic heterocycles. The molecule has 100 valence electrons. The maximum atomic E-state index is 12.4. The van der Waals surface area contributed by atoms with E-state index in [1.807, 2.05) is 24.3 Å². The minimum absolute atomic E-state index is 0.211. The standard InChI is InChI=1S/C13H20N2O2S/c1-15(12-8-6-11(10-14)7-9-12)18(16,17)13-4-2-3-5-13/h6-9,13H,2-5,10,14H2,1H3. The van der Waals surface area contributed by atoms with Crippen LogP contribution in [0.1, 0.15) is 31.2 Å². The van der Waals surface area contributed by atoms with Crippen molar-refractivity contribution < 1.29 is 8.42 Å². The van der Waals surface area contributed by atoms with Gasteiger partial charge in [-0.25, -0.2) is 8.42 Å². The van der Waals surface area contributed by atoms with E-state index in [1.165, 1.54) is 4.31 Å². The van der Waals surface area contributed by atoms with Gasteiger partial charge in [0.25, 0.3) is 0 Å². The summed E-state index contributed by atoms with van der Waals surface area (Å²) in [6.07, 6.45) is 3.61. The molecule has 2 N–H and O–H groups in total. The number of anilines is 1. The summed E-state index contributed by atoms with van der Waals surface area (Å²) in [5.41, 5.74) is 7.24. The van der Waals surface area contributed by atoms with Crippen molar-refractivity contribution >= 4 is 15.7 Å². The van der Waals surface area contributed by atoms with E-state index in [2.05, 4.69) is 0 Å². The molecule has 0 saturated heterocycles. The predicted octanol–water partition coefficient (Wildman–Crippen LogP) is 1.85. The fourth-order valence-electron chi connectivity index (χ4n) is 2.40. The van der Waals surface area contributed by atoms with Crippen molar-refractivity contribution in [3.8, 4) is 0 Å². The molecule has 1 saturated carbocycles. The van der Waals surface area contributed by atoms with Crippen LogP contribution in [0, 0.1) is 0 Å². The van der Waals surface area contributed by atoms with E-state index in [4.69, 9.17) is 5.73 Å². The Morgan fingerprint density at radius 2 is 1.78 bits per heavy atom. The van der Waals surface area contributed by atoms with Crippen molar-refractivity contribution in [2.45, 2.75) is 37.5 Å². The number of hydrogen-bond acceptors (Lipinski definition) is 3. The molecule has 1 fully saturated rings. The molecule has 1 aromatic carbocycles. The van der Waals surface area contributed by atoms with Crippen LogP contribution in [-0.2, 0) is 16.6 Å². The third-order valence-corrected chi connectivity index (χ3v) is 5.93. The Bertz CT molecular complexity index is 490. The summed E-state index contributed by atoms with van der Waals surface area (Å²) in [6.45, 7) is 0.472. The number of nitrogens with two attached hydrogens (primary N) is 1. The van der Waals surface area contributed by atoms with E-state index in [0.29, 0.717) is 12.2 Å². The number of benzene rings is 1. The number of sulfonamides is 1. The average molecular weight is 268 g/mol. The lowest BCUT2D eigenvalue weighted by molar-refractivity contribution is 0.578. The molecular weight excluding hydrogens is 248 g/mol. The highest BCUT2D eigenvalue weighted by Gasteiger charge is 2.32. The zero-order valence-electron chi connectivity index (χ0n) is 10.7. The second-order valence-electron chi connectivity index (χ2n) is 4.79. The molecule has 1 aliphatic rings. The lowest BCUT2D eigenvalue weighted by Gasteiger charge is -2.23. The van der Waals surface area contributed by atoms with Gasteiger partial charge in [-0.1, -0.05) is 25.0 Å². The van der Waals surface area contributed by atoms with Gasteiger partial charge < -0.3 is 5.73 Å². The lowest BCUT2D eigenvalue weighted by atomic mass is 10.2. The first-order valence-corrected chi connectivity index (χ1v) is 7.83. The van der Waals surface area contributed by atoms with Gasteiger partial charge >= 0.3 is 0 Å². The fraction of sp³-hybridized carbons (Fsp3) is 0.538. The van der Waals surface area contributed by atoms with Crippen LogP contribution in [0.2, 0.25) is 0 Å². The van der Waals surface area contributed by atoms with Crippen LogP contribution in [0.4, 0.5) is 5.69 Å². The van der Waals surface area contributed by atoms with Crippen molar-refractivity contribution in [2.75, 3.05) is 11.4 Å². The molecule has 5 heteroatoms. The van der Waals surface area contributed by atoms with Crippen LogP contribution >= 0.6 is 0 Å². The van der Waals surface area contributed by atoms with Crippen LogP contribution in [0.5, 0.6) is 0 Å². The highest BCUT2D eigenvalue weighted by Crippen LogP contribution is 2.29. The summed E-state index contributed by atoms with van der Waals surface area (Å²) in [6, 6.07) is 7.37. The van der Waals surface area contributed by atoms with Crippen molar-refractivity contribution in [1.82, 2.24) is 0 Å². The van der Waals surface area contributed by atoms with Crippen LogP contribution in [-0.4, -0.2) is 20.7 Å². The Morgan fingerprint density at radius 1 is 1.22 bits per heavy atom. The quantitative estimate of drug-likeness (QED) is 0.906. The highest BCUT2D eigenvalue weighted by atomic mass is 32.2. The Hall–Kier alpha value is -1.07. The number of hydrogen-bond donors (Lipinski definition) is 1. The third-order valence-electron chi connectivity index (χ3n) is 3.64. The lowest BCUT2D eigenvalue weighted by Crippen LogP contribution is -2.34. The molecule has 2 rings (SSSR count). The van der Waals surface area contributed by atoms with E-state index in [1.54, 1.807) is 7.05 Å². The van der Waals surface area contributed by atoms with Gasteiger partial charge in [0.2, 0.25) is 10.0 Å². The Kier molecular flexibility index (Phi) is 3.92. The summed E-state index contributed by atoms with van der Waals surface area (Å²) in [5.74, 6) is 0. The second-order valence-corrected chi connectivity index (χ2v) is 7.03. The molecule has 4 nitrogen and oxygen atoms in total.